The SMILES string of the molecule is O=C([O-])c1ccccc1NC(=O)[C@@H]1[C@@H](C(=O)[O-])[C@H]2C=C[C@@H]1O2. The van der Waals surface area contributed by atoms with Crippen molar-refractivity contribution in [3.63, 3.8) is 0 Å². The molecule has 2 bridgehead atoms. The third-order valence-corrected chi connectivity index (χ3v) is 3.88. The highest BCUT2D eigenvalue weighted by molar-refractivity contribution is 6.02. The molecule has 22 heavy (non-hydrogen) atoms. The van der Waals surface area contributed by atoms with Crippen LogP contribution in [0.15, 0.2) is 36.4 Å². The van der Waals surface area contributed by atoms with Gasteiger partial charge in [0, 0.05) is 23.1 Å². The van der Waals surface area contributed by atoms with Gasteiger partial charge in [0.2, 0.25) is 5.91 Å². The molecule has 4 atom stereocenters. The van der Waals surface area contributed by atoms with E-state index in [1.54, 1.807) is 18.2 Å². The van der Waals surface area contributed by atoms with Crippen LogP contribution in [0.2, 0.25) is 0 Å². The van der Waals surface area contributed by atoms with Crippen molar-refractivity contribution in [2.45, 2.75) is 12.2 Å². The number of hydrogen-bond acceptors (Lipinski definition) is 6. The van der Waals surface area contributed by atoms with Gasteiger partial charge in [0.1, 0.15) is 0 Å². The van der Waals surface area contributed by atoms with Gasteiger partial charge in [-0.25, -0.2) is 0 Å². The minimum atomic E-state index is -1.43. The van der Waals surface area contributed by atoms with Gasteiger partial charge in [-0.1, -0.05) is 30.4 Å². The molecule has 0 spiro atoms. The summed E-state index contributed by atoms with van der Waals surface area (Å²) >= 11 is 0. The zero-order chi connectivity index (χ0) is 15.9. The summed E-state index contributed by atoms with van der Waals surface area (Å²) in [5.41, 5.74) is -0.128. The number of aliphatic carboxylic acids is 1. The molecule has 1 fully saturated rings. The molecule has 1 amide bonds. The van der Waals surface area contributed by atoms with Gasteiger partial charge in [-0.15, -0.1) is 0 Å². The van der Waals surface area contributed by atoms with Crippen molar-refractivity contribution < 1.29 is 29.3 Å². The summed E-state index contributed by atoms with van der Waals surface area (Å²) in [7, 11) is 0. The molecule has 1 aromatic rings. The number of benzene rings is 1. The summed E-state index contributed by atoms with van der Waals surface area (Å²) in [4.78, 5) is 34.6. The molecule has 7 nitrogen and oxygen atoms in total. The average Bonchev–Trinajstić information content (AvgIpc) is 3.08. The van der Waals surface area contributed by atoms with Gasteiger partial charge in [-0.05, 0) is 6.07 Å². The lowest BCUT2D eigenvalue weighted by molar-refractivity contribution is -0.313. The summed E-state index contributed by atoms with van der Waals surface area (Å²) in [6, 6.07) is 5.74. The summed E-state index contributed by atoms with van der Waals surface area (Å²) in [6.07, 6.45) is 1.87. The molecule has 0 unspecified atom stereocenters. The molecule has 2 aliphatic rings. The van der Waals surface area contributed by atoms with Crippen LogP contribution >= 0.6 is 0 Å². The Morgan fingerprint density at radius 1 is 1.00 bits per heavy atom. The Labute approximate surface area is 125 Å². The number of ether oxygens (including phenoxy) is 1. The van der Waals surface area contributed by atoms with E-state index in [9.17, 15) is 24.6 Å². The minimum absolute atomic E-state index is 0.0522. The van der Waals surface area contributed by atoms with Crippen LogP contribution < -0.4 is 15.5 Å². The number of aromatic carboxylic acids is 1. The van der Waals surface area contributed by atoms with Crippen molar-refractivity contribution in [1.29, 1.82) is 0 Å². The van der Waals surface area contributed by atoms with E-state index in [1.807, 2.05) is 0 Å². The van der Waals surface area contributed by atoms with E-state index in [1.165, 1.54) is 18.2 Å². The van der Waals surface area contributed by atoms with Crippen molar-refractivity contribution in [2.24, 2.45) is 11.8 Å². The Hall–Kier alpha value is -2.67. The number of amides is 1. The second kappa shape index (κ2) is 5.27. The predicted octanol–water partition coefficient (Wildman–Crippen LogP) is -1.69. The maximum atomic E-state index is 12.4. The molecule has 7 heteroatoms. The van der Waals surface area contributed by atoms with Crippen molar-refractivity contribution in [3.8, 4) is 0 Å². The molecule has 0 aromatic heterocycles. The van der Waals surface area contributed by atoms with Crippen molar-refractivity contribution >= 4 is 23.5 Å². The molecule has 3 rings (SSSR count). The van der Waals surface area contributed by atoms with E-state index in [2.05, 4.69) is 5.32 Å². The van der Waals surface area contributed by atoms with Gasteiger partial charge in [-0.2, -0.15) is 0 Å². The van der Waals surface area contributed by atoms with E-state index < -0.39 is 41.9 Å². The van der Waals surface area contributed by atoms with Crippen LogP contribution in [0.1, 0.15) is 10.4 Å². The molecular weight excluding hydrogens is 290 g/mol. The van der Waals surface area contributed by atoms with Gasteiger partial charge in [0.25, 0.3) is 0 Å². The smallest absolute Gasteiger partial charge is 0.231 e. The molecule has 1 saturated heterocycles. The molecule has 2 aliphatic heterocycles. The first-order chi connectivity index (χ1) is 10.5. The van der Waals surface area contributed by atoms with E-state index in [-0.39, 0.29) is 11.3 Å². The topological polar surface area (TPSA) is 119 Å². The first-order valence-corrected chi connectivity index (χ1v) is 6.65. The van der Waals surface area contributed by atoms with Crippen LogP contribution in [0, 0.1) is 11.8 Å². The van der Waals surface area contributed by atoms with E-state index in [4.69, 9.17) is 4.74 Å². The summed E-state index contributed by atoms with van der Waals surface area (Å²) in [5.74, 6) is -5.48. The van der Waals surface area contributed by atoms with Gasteiger partial charge in [0.15, 0.2) is 0 Å². The minimum Gasteiger partial charge on any atom is -0.550 e. The van der Waals surface area contributed by atoms with Crippen LogP contribution in [0.3, 0.4) is 0 Å². The zero-order valence-corrected chi connectivity index (χ0v) is 11.2. The molecule has 2 heterocycles. The van der Waals surface area contributed by atoms with Crippen LogP contribution in [0.25, 0.3) is 0 Å². The average molecular weight is 301 g/mol. The highest BCUT2D eigenvalue weighted by Gasteiger charge is 2.50. The maximum absolute atomic E-state index is 12.4. The standard InChI is InChI=1S/C15H13NO6/c17-13(16-8-4-2-1-3-7(8)14(18)19)11-9-5-6-10(22-9)12(11)15(20)21/h1-6,9-12H,(H,16,17)(H,18,19)(H,20,21)/p-2/t9-,10+,11-,12-/m0/s1. The lowest BCUT2D eigenvalue weighted by atomic mass is 9.82. The Bertz CT molecular complexity index is 682. The number of para-hydroxylation sites is 1. The van der Waals surface area contributed by atoms with Gasteiger partial charge in [-0.3, -0.25) is 4.79 Å². The number of carboxylic acid groups (broad SMARTS) is 2. The van der Waals surface area contributed by atoms with Gasteiger partial charge in [0.05, 0.1) is 24.1 Å². The molecular formula is C15H11NO6-2. The van der Waals surface area contributed by atoms with Gasteiger partial charge < -0.3 is 29.9 Å². The van der Waals surface area contributed by atoms with Crippen LogP contribution in [-0.2, 0) is 14.3 Å². The predicted molar refractivity (Wildman–Crippen MR) is 69.2 cm³/mol. The first kappa shape index (κ1) is 14.3. The Morgan fingerprint density at radius 2 is 1.64 bits per heavy atom. The number of carboxylic acids is 2. The van der Waals surface area contributed by atoms with Crippen molar-refractivity contribution in [1.82, 2.24) is 0 Å². The number of carbonyl (C=O) groups is 3. The summed E-state index contributed by atoms with van der Waals surface area (Å²) in [5, 5.41) is 24.7. The maximum Gasteiger partial charge on any atom is 0.231 e. The lowest BCUT2D eigenvalue weighted by Gasteiger charge is -2.25. The highest BCUT2D eigenvalue weighted by Crippen LogP contribution is 2.39. The molecule has 0 saturated carbocycles. The van der Waals surface area contributed by atoms with Crippen molar-refractivity contribution in [2.75, 3.05) is 5.32 Å². The molecule has 1 N–H and O–H groups in total. The molecule has 1 aromatic carbocycles. The molecule has 0 aliphatic carbocycles. The quantitative estimate of drug-likeness (QED) is 0.663. The number of anilines is 1. The molecule has 0 radical (unpaired) electrons. The third kappa shape index (κ3) is 2.25. The monoisotopic (exact) mass is 301 g/mol. The number of nitrogens with one attached hydrogen (secondary N) is 1. The normalized spacial score (nSPS) is 28.5. The Morgan fingerprint density at radius 3 is 2.27 bits per heavy atom. The van der Waals surface area contributed by atoms with Gasteiger partial charge >= 0.3 is 0 Å². The fraction of sp³-hybridized carbons (Fsp3) is 0.267. The fourth-order valence-corrected chi connectivity index (χ4v) is 2.89. The number of carbonyl (C=O) groups excluding carboxylic acids is 3. The Kier molecular flexibility index (Phi) is 3.42. The number of rotatable bonds is 4. The van der Waals surface area contributed by atoms with E-state index in [0.717, 1.165) is 0 Å². The summed E-state index contributed by atoms with van der Waals surface area (Å²) in [6.45, 7) is 0. The van der Waals surface area contributed by atoms with Crippen LogP contribution in [0.4, 0.5) is 5.69 Å². The largest absolute Gasteiger partial charge is 0.550 e. The van der Waals surface area contributed by atoms with Crippen LogP contribution in [0.5, 0.6) is 0 Å². The number of hydrogen-bond donors (Lipinski definition) is 1. The van der Waals surface area contributed by atoms with E-state index >= 15 is 0 Å². The van der Waals surface area contributed by atoms with Crippen molar-refractivity contribution in [3.05, 3.63) is 42.0 Å². The van der Waals surface area contributed by atoms with Crippen LogP contribution in [-0.4, -0.2) is 30.1 Å². The lowest BCUT2D eigenvalue weighted by Crippen LogP contribution is -2.45. The second-order valence-corrected chi connectivity index (χ2v) is 5.14. The Balaban J connectivity index is 1.85. The second-order valence-electron chi connectivity index (χ2n) is 5.14. The summed E-state index contributed by atoms with van der Waals surface area (Å²) < 4.78 is 5.37. The zero-order valence-electron chi connectivity index (χ0n) is 11.2. The van der Waals surface area contributed by atoms with E-state index in [0.29, 0.717) is 0 Å². The highest BCUT2D eigenvalue weighted by atomic mass is 16.5. The first-order valence-electron chi connectivity index (χ1n) is 6.65. The number of fused-ring (bicyclic) bond motifs is 2. The molecule has 114 valence electrons. The fourth-order valence-electron chi connectivity index (χ4n) is 2.89. The third-order valence-electron chi connectivity index (χ3n) is 3.88.